The fraction of sp³-hybridized carbons (Fsp3) is 0.538. The summed E-state index contributed by atoms with van der Waals surface area (Å²) >= 11 is 0. The summed E-state index contributed by atoms with van der Waals surface area (Å²) in [6.45, 7) is 2.35. The van der Waals surface area contributed by atoms with Crippen molar-refractivity contribution in [2.24, 2.45) is 11.8 Å². The van der Waals surface area contributed by atoms with Gasteiger partial charge in [-0.05, 0) is 72.3 Å². The van der Waals surface area contributed by atoms with E-state index in [1.165, 1.54) is 62.6 Å². The van der Waals surface area contributed by atoms with E-state index in [1.54, 1.807) is 24.2 Å². The van der Waals surface area contributed by atoms with Crippen molar-refractivity contribution in [1.82, 2.24) is 0 Å². The minimum atomic E-state index is -0.789. The Labute approximate surface area is 176 Å². The van der Waals surface area contributed by atoms with E-state index in [2.05, 4.69) is 31.2 Å². The Morgan fingerprint density at radius 3 is 2.00 bits per heavy atom. The van der Waals surface area contributed by atoms with Gasteiger partial charge in [0, 0.05) is 8.80 Å². The molecule has 0 radical (unpaired) electrons. The zero-order valence-corrected chi connectivity index (χ0v) is 18.8. The topological polar surface area (TPSA) is 0 Å². The standard InChI is InChI=1S/C26H34F2Si/c1-2-15-29-16-13-23(14-17-29)21-5-3-19(4-6-21)20-7-9-22(10-8-20)24-11-12-25(27)26(28)18-24/h7-12,18-19,21,23,29H,2-6,13-17H2,1H3/t19-,21-,23-,29-. The first kappa shape index (κ1) is 20.8. The average Bonchev–Trinajstić information content (AvgIpc) is 2.77. The maximum atomic E-state index is 13.5. The quantitative estimate of drug-likeness (QED) is 0.437. The molecule has 0 spiro atoms. The van der Waals surface area contributed by atoms with Crippen molar-refractivity contribution in [2.75, 3.05) is 0 Å². The van der Waals surface area contributed by atoms with E-state index in [4.69, 9.17) is 0 Å². The van der Waals surface area contributed by atoms with Crippen molar-refractivity contribution < 1.29 is 8.78 Å². The molecule has 0 nitrogen and oxygen atoms in total. The molecule has 2 fully saturated rings. The number of rotatable bonds is 5. The third-order valence-electron chi connectivity index (χ3n) is 7.66. The molecule has 1 heterocycles. The lowest BCUT2D eigenvalue weighted by Crippen LogP contribution is -2.28. The molecule has 156 valence electrons. The van der Waals surface area contributed by atoms with Crippen molar-refractivity contribution >= 4 is 8.80 Å². The Kier molecular flexibility index (Phi) is 6.84. The molecular formula is C26H34F2Si. The zero-order valence-electron chi connectivity index (χ0n) is 17.7. The summed E-state index contributed by atoms with van der Waals surface area (Å²) in [6.07, 6.45) is 9.84. The molecule has 3 heteroatoms. The molecule has 29 heavy (non-hydrogen) atoms. The van der Waals surface area contributed by atoms with Crippen molar-refractivity contribution in [3.63, 3.8) is 0 Å². The highest BCUT2D eigenvalue weighted by Gasteiger charge is 2.31. The summed E-state index contributed by atoms with van der Waals surface area (Å²) in [5.74, 6) is 1.06. The van der Waals surface area contributed by atoms with Crippen molar-refractivity contribution in [2.45, 2.75) is 75.9 Å². The first-order valence-corrected chi connectivity index (χ1v) is 14.1. The molecule has 2 aromatic rings. The van der Waals surface area contributed by atoms with Gasteiger partial charge >= 0.3 is 0 Å². The van der Waals surface area contributed by atoms with Gasteiger partial charge in [0.15, 0.2) is 11.6 Å². The Morgan fingerprint density at radius 1 is 0.759 bits per heavy atom. The molecule has 0 atom stereocenters. The van der Waals surface area contributed by atoms with Crippen molar-refractivity contribution in [3.05, 3.63) is 59.7 Å². The first-order chi connectivity index (χ1) is 14.1. The number of hydrogen-bond acceptors (Lipinski definition) is 0. The van der Waals surface area contributed by atoms with Crippen LogP contribution in [0.5, 0.6) is 0 Å². The van der Waals surface area contributed by atoms with Crippen LogP contribution in [-0.2, 0) is 0 Å². The predicted octanol–water partition coefficient (Wildman–Crippen LogP) is 7.95. The maximum absolute atomic E-state index is 13.5. The van der Waals surface area contributed by atoms with E-state index >= 15 is 0 Å². The SMILES string of the molecule is CCC[Si@H]1CC[C@H]([C@H]2CC[C@H](c3ccc(-c4ccc(F)c(F)c4)cc3)CC2)CC1. The molecule has 2 aliphatic rings. The molecule has 0 unspecified atom stereocenters. The van der Waals surface area contributed by atoms with Crippen LogP contribution in [0.15, 0.2) is 42.5 Å². The van der Waals surface area contributed by atoms with Crippen LogP contribution in [-0.4, -0.2) is 8.80 Å². The van der Waals surface area contributed by atoms with Crippen molar-refractivity contribution in [3.8, 4) is 11.1 Å². The lowest BCUT2D eigenvalue weighted by Gasteiger charge is -2.37. The normalized spacial score (nSPS) is 27.7. The van der Waals surface area contributed by atoms with Gasteiger partial charge in [-0.1, -0.05) is 74.7 Å². The summed E-state index contributed by atoms with van der Waals surface area (Å²) in [5, 5.41) is 0. The first-order valence-electron chi connectivity index (χ1n) is 11.7. The van der Waals surface area contributed by atoms with Crippen LogP contribution < -0.4 is 0 Å². The minimum Gasteiger partial charge on any atom is -0.204 e. The van der Waals surface area contributed by atoms with Crippen molar-refractivity contribution in [1.29, 1.82) is 0 Å². The summed E-state index contributed by atoms with van der Waals surface area (Å²) in [5.41, 5.74) is 3.10. The number of benzene rings is 2. The summed E-state index contributed by atoms with van der Waals surface area (Å²) in [6, 6.07) is 17.4. The van der Waals surface area contributed by atoms with Crippen LogP contribution in [0.25, 0.3) is 11.1 Å². The van der Waals surface area contributed by atoms with Gasteiger partial charge in [-0.25, -0.2) is 8.78 Å². The van der Waals surface area contributed by atoms with E-state index in [1.807, 2.05) is 0 Å². The second-order valence-corrected chi connectivity index (χ2v) is 12.9. The number of halogens is 2. The highest BCUT2D eigenvalue weighted by Crippen LogP contribution is 2.43. The lowest BCUT2D eigenvalue weighted by molar-refractivity contribution is 0.216. The van der Waals surface area contributed by atoms with Gasteiger partial charge in [0.05, 0.1) is 0 Å². The monoisotopic (exact) mass is 412 g/mol. The van der Waals surface area contributed by atoms with E-state index in [-0.39, 0.29) is 8.80 Å². The highest BCUT2D eigenvalue weighted by atomic mass is 28.3. The van der Waals surface area contributed by atoms with Crippen LogP contribution in [0.2, 0.25) is 18.1 Å². The second kappa shape index (κ2) is 9.55. The van der Waals surface area contributed by atoms with E-state index < -0.39 is 11.6 Å². The average molecular weight is 413 g/mol. The molecule has 0 N–H and O–H groups in total. The zero-order chi connectivity index (χ0) is 20.2. The van der Waals surface area contributed by atoms with Crippen LogP contribution in [0.4, 0.5) is 8.78 Å². The third-order valence-corrected chi connectivity index (χ3v) is 11.4. The molecule has 2 aromatic carbocycles. The lowest BCUT2D eigenvalue weighted by atomic mass is 9.72. The van der Waals surface area contributed by atoms with Gasteiger partial charge < -0.3 is 0 Å². The van der Waals surface area contributed by atoms with E-state index in [0.29, 0.717) is 5.92 Å². The van der Waals surface area contributed by atoms with Gasteiger partial charge in [-0.2, -0.15) is 0 Å². The fourth-order valence-corrected chi connectivity index (χ4v) is 9.39. The highest BCUT2D eigenvalue weighted by molar-refractivity contribution is 6.58. The van der Waals surface area contributed by atoms with Crippen LogP contribution >= 0.6 is 0 Å². The molecule has 0 amide bonds. The molecule has 1 saturated carbocycles. The van der Waals surface area contributed by atoms with Gasteiger partial charge in [0.2, 0.25) is 0 Å². The third kappa shape index (κ3) is 4.99. The Morgan fingerprint density at radius 2 is 1.38 bits per heavy atom. The molecular weight excluding hydrogens is 378 g/mol. The van der Waals surface area contributed by atoms with E-state index in [9.17, 15) is 8.78 Å². The van der Waals surface area contributed by atoms with Gasteiger partial charge in [0.1, 0.15) is 0 Å². The van der Waals surface area contributed by atoms with Crippen LogP contribution in [0.1, 0.15) is 63.4 Å². The molecule has 1 saturated heterocycles. The predicted molar refractivity (Wildman–Crippen MR) is 121 cm³/mol. The minimum absolute atomic E-state index is 0.362. The number of hydrogen-bond donors (Lipinski definition) is 0. The van der Waals surface area contributed by atoms with Gasteiger partial charge in [-0.3, -0.25) is 0 Å². The molecule has 0 aromatic heterocycles. The molecule has 0 bridgehead atoms. The van der Waals surface area contributed by atoms with Crippen LogP contribution in [0, 0.1) is 23.5 Å². The van der Waals surface area contributed by atoms with E-state index in [0.717, 1.165) is 23.0 Å². The summed E-state index contributed by atoms with van der Waals surface area (Å²) in [7, 11) is -0.362. The summed E-state index contributed by atoms with van der Waals surface area (Å²) < 4.78 is 26.7. The fourth-order valence-electron chi connectivity index (χ4n) is 5.90. The Bertz CT molecular complexity index is 785. The molecule has 4 rings (SSSR count). The van der Waals surface area contributed by atoms with Crippen LogP contribution in [0.3, 0.4) is 0 Å². The molecule has 1 aliphatic carbocycles. The maximum Gasteiger partial charge on any atom is 0.159 e. The largest absolute Gasteiger partial charge is 0.204 e. The van der Waals surface area contributed by atoms with Gasteiger partial charge in [-0.15, -0.1) is 0 Å². The Hall–Kier alpha value is -1.48. The second-order valence-electron chi connectivity index (χ2n) is 9.43. The summed E-state index contributed by atoms with van der Waals surface area (Å²) in [4.78, 5) is 0. The Balaban J connectivity index is 1.31. The molecule has 1 aliphatic heterocycles. The van der Waals surface area contributed by atoms with Gasteiger partial charge in [0.25, 0.3) is 0 Å². The smallest absolute Gasteiger partial charge is 0.159 e.